The van der Waals surface area contributed by atoms with Gasteiger partial charge in [0.25, 0.3) is 0 Å². The van der Waals surface area contributed by atoms with Crippen LogP contribution in [0.3, 0.4) is 0 Å². The highest BCUT2D eigenvalue weighted by Gasteiger charge is 2.25. The van der Waals surface area contributed by atoms with E-state index < -0.39 is 16.4 Å². The van der Waals surface area contributed by atoms with E-state index in [9.17, 15) is 9.32 Å². The van der Waals surface area contributed by atoms with Crippen molar-refractivity contribution in [3.63, 3.8) is 0 Å². The Balaban J connectivity index is 0.00000420. The number of halogens is 1. The molecule has 1 saturated heterocycles. The Morgan fingerprint density at radius 3 is 2.62 bits per heavy atom. The molecule has 0 amide bonds. The quantitative estimate of drug-likeness (QED) is 0.236. The number of morpholine rings is 1. The Morgan fingerprint density at radius 1 is 1.28 bits per heavy atom. The first-order valence-corrected chi connectivity index (χ1v) is 11.4. The predicted molar refractivity (Wildman–Crippen MR) is 130 cm³/mol. The zero-order valence-corrected chi connectivity index (χ0v) is 20.6. The molecule has 2 atom stereocenters. The molecule has 7 nitrogen and oxygen atoms in total. The molecular formula is C20H35IN4O3S. The first-order chi connectivity index (χ1) is 13.5. The van der Waals surface area contributed by atoms with Crippen LogP contribution < -0.4 is 10.6 Å². The molecule has 1 fully saturated rings. The number of ether oxygens (including phenoxy) is 1. The molecule has 0 aliphatic carbocycles. The van der Waals surface area contributed by atoms with Gasteiger partial charge in [0.1, 0.15) is 0 Å². The summed E-state index contributed by atoms with van der Waals surface area (Å²) in [4.78, 5) is 6.72. The van der Waals surface area contributed by atoms with Crippen molar-refractivity contribution >= 4 is 40.7 Å². The van der Waals surface area contributed by atoms with Crippen LogP contribution in [0.1, 0.15) is 19.4 Å². The van der Waals surface area contributed by atoms with E-state index >= 15 is 0 Å². The molecule has 0 spiro atoms. The maximum atomic E-state index is 12.2. The maximum Gasteiger partial charge on any atom is 0.191 e. The van der Waals surface area contributed by atoms with Crippen LogP contribution in [0.2, 0.25) is 0 Å². The first kappa shape index (κ1) is 26.3. The molecule has 9 heteroatoms. The van der Waals surface area contributed by atoms with Gasteiger partial charge in [0, 0.05) is 55.0 Å². The van der Waals surface area contributed by atoms with Gasteiger partial charge in [0.2, 0.25) is 0 Å². The summed E-state index contributed by atoms with van der Waals surface area (Å²) in [5.41, 5.74) is 0.177. The second-order valence-corrected chi connectivity index (χ2v) is 8.86. The minimum atomic E-state index is -0.931. The van der Waals surface area contributed by atoms with Crippen molar-refractivity contribution in [1.29, 1.82) is 0 Å². The number of hydrogen-bond acceptors (Lipinski definition) is 5. The Morgan fingerprint density at radius 2 is 1.97 bits per heavy atom. The summed E-state index contributed by atoms with van der Waals surface area (Å²) < 4.78 is 17.6. The van der Waals surface area contributed by atoms with Gasteiger partial charge < -0.3 is 20.5 Å². The molecule has 2 rings (SSSR count). The fourth-order valence-electron chi connectivity index (χ4n) is 3.00. The summed E-state index contributed by atoms with van der Waals surface area (Å²) in [7, 11) is -0.931. The van der Waals surface area contributed by atoms with Gasteiger partial charge in [-0.05, 0) is 19.4 Å². The molecule has 0 bridgehead atoms. The van der Waals surface area contributed by atoms with Gasteiger partial charge in [0.05, 0.1) is 25.4 Å². The van der Waals surface area contributed by atoms with Crippen molar-refractivity contribution in [1.82, 2.24) is 15.5 Å². The van der Waals surface area contributed by atoms with Crippen LogP contribution in [0.25, 0.3) is 0 Å². The fourth-order valence-corrected chi connectivity index (χ4v) is 4.04. The van der Waals surface area contributed by atoms with E-state index in [1.807, 2.05) is 44.2 Å². The lowest BCUT2D eigenvalue weighted by Gasteiger charge is -2.33. The van der Waals surface area contributed by atoms with E-state index in [2.05, 4.69) is 20.5 Å². The monoisotopic (exact) mass is 538 g/mol. The first-order valence-electron chi connectivity index (χ1n) is 9.92. The molecule has 1 heterocycles. The van der Waals surface area contributed by atoms with Crippen LogP contribution in [-0.4, -0.2) is 84.0 Å². The van der Waals surface area contributed by atoms with Gasteiger partial charge >= 0.3 is 0 Å². The fraction of sp³-hybridized carbons (Fsp3) is 0.650. The summed E-state index contributed by atoms with van der Waals surface area (Å²) in [6.07, 6.45) is 0. The number of guanidine groups is 1. The molecule has 2 unspecified atom stereocenters. The van der Waals surface area contributed by atoms with Crippen LogP contribution in [0.15, 0.2) is 35.3 Å². The molecule has 0 aromatic heterocycles. The molecule has 1 aromatic carbocycles. The lowest BCUT2D eigenvalue weighted by Crippen LogP contribution is -2.48. The van der Waals surface area contributed by atoms with Gasteiger partial charge in [-0.1, -0.05) is 30.3 Å². The van der Waals surface area contributed by atoms with Crippen molar-refractivity contribution in [3.05, 3.63) is 35.9 Å². The standard InChI is InChI=1S/C20H34N4O3S.HI/c1-3-21-19(22-9-14-28(26)15-18-7-5-4-6-8-18)23-16-20(2,25)17-24-10-12-27-13-11-24;/h4-8,25H,3,9-17H2,1-2H3,(H2,21,22,23);1H. The van der Waals surface area contributed by atoms with Gasteiger partial charge in [0.15, 0.2) is 5.96 Å². The summed E-state index contributed by atoms with van der Waals surface area (Å²) in [5.74, 6) is 1.75. The average molecular weight is 538 g/mol. The van der Waals surface area contributed by atoms with Crippen molar-refractivity contribution in [2.75, 3.05) is 58.2 Å². The molecule has 1 aromatic rings. The Labute approximate surface area is 194 Å². The third kappa shape index (κ3) is 11.3. The van der Waals surface area contributed by atoms with E-state index in [0.29, 0.717) is 50.3 Å². The van der Waals surface area contributed by atoms with Crippen LogP contribution >= 0.6 is 24.0 Å². The van der Waals surface area contributed by atoms with E-state index in [1.165, 1.54) is 0 Å². The molecular weight excluding hydrogens is 503 g/mol. The summed E-state index contributed by atoms with van der Waals surface area (Å²) in [5, 5.41) is 17.1. The number of nitrogens with one attached hydrogen (secondary N) is 2. The van der Waals surface area contributed by atoms with Crippen LogP contribution in [0.5, 0.6) is 0 Å². The van der Waals surface area contributed by atoms with Crippen LogP contribution in [0.4, 0.5) is 0 Å². The smallest absolute Gasteiger partial charge is 0.191 e. The molecule has 1 aliphatic heterocycles. The number of β-amino-alcohol motifs (C(OH)–C–C–N with tert-alkyl or cyclic N) is 1. The zero-order valence-electron chi connectivity index (χ0n) is 17.4. The lowest BCUT2D eigenvalue weighted by atomic mass is 10.1. The van der Waals surface area contributed by atoms with E-state index in [4.69, 9.17) is 4.74 Å². The van der Waals surface area contributed by atoms with Gasteiger partial charge in [-0.3, -0.25) is 14.1 Å². The van der Waals surface area contributed by atoms with E-state index in [1.54, 1.807) is 0 Å². The number of aliphatic hydroxyl groups is 1. The van der Waals surface area contributed by atoms with Gasteiger partial charge in [-0.25, -0.2) is 0 Å². The summed E-state index contributed by atoms with van der Waals surface area (Å²) >= 11 is 0. The highest BCUT2D eigenvalue weighted by atomic mass is 127. The normalized spacial score (nSPS) is 18.4. The lowest BCUT2D eigenvalue weighted by molar-refractivity contribution is -0.0179. The summed E-state index contributed by atoms with van der Waals surface area (Å²) in [6.45, 7) is 9.07. The molecule has 3 N–H and O–H groups in total. The maximum absolute atomic E-state index is 12.2. The Bertz CT molecular complexity index is 625. The Hall–Kier alpha value is -0.750. The number of hydrogen-bond donors (Lipinski definition) is 3. The number of rotatable bonds is 10. The van der Waals surface area contributed by atoms with E-state index in [-0.39, 0.29) is 24.0 Å². The third-order valence-electron chi connectivity index (χ3n) is 4.38. The average Bonchev–Trinajstić information content (AvgIpc) is 2.67. The molecule has 0 radical (unpaired) electrons. The zero-order chi connectivity index (χ0) is 20.2. The van der Waals surface area contributed by atoms with E-state index in [0.717, 1.165) is 25.2 Å². The number of aliphatic imine (C=N–C) groups is 1. The minimum Gasteiger partial charge on any atom is -0.387 e. The third-order valence-corrected chi connectivity index (χ3v) is 5.70. The van der Waals surface area contributed by atoms with Crippen LogP contribution in [0, 0.1) is 0 Å². The van der Waals surface area contributed by atoms with Crippen molar-refractivity contribution in [2.45, 2.75) is 25.2 Å². The molecule has 166 valence electrons. The van der Waals surface area contributed by atoms with Crippen molar-refractivity contribution < 1.29 is 14.1 Å². The molecule has 1 aliphatic rings. The number of nitrogens with zero attached hydrogens (tertiary/aromatic N) is 2. The number of benzene rings is 1. The second-order valence-electron chi connectivity index (χ2n) is 7.28. The highest BCUT2D eigenvalue weighted by Crippen LogP contribution is 2.09. The molecule has 29 heavy (non-hydrogen) atoms. The predicted octanol–water partition coefficient (Wildman–Crippen LogP) is 1.19. The second kappa shape index (κ2) is 14.3. The van der Waals surface area contributed by atoms with Gasteiger partial charge in [-0.15, -0.1) is 24.0 Å². The van der Waals surface area contributed by atoms with Crippen molar-refractivity contribution in [3.8, 4) is 0 Å². The SMILES string of the molecule is CCNC(=NCC(C)(O)CN1CCOCC1)NCCS(=O)Cc1ccccc1.I. The molecule has 0 saturated carbocycles. The van der Waals surface area contributed by atoms with Crippen molar-refractivity contribution in [2.24, 2.45) is 4.99 Å². The van der Waals surface area contributed by atoms with Crippen LogP contribution in [-0.2, 0) is 21.3 Å². The van der Waals surface area contributed by atoms with Gasteiger partial charge in [-0.2, -0.15) is 0 Å². The largest absolute Gasteiger partial charge is 0.387 e. The highest BCUT2D eigenvalue weighted by molar-refractivity contribution is 14.0. The minimum absolute atomic E-state index is 0. The topological polar surface area (TPSA) is 86.2 Å². The summed E-state index contributed by atoms with van der Waals surface area (Å²) in [6, 6.07) is 9.87. The Kier molecular flexibility index (Phi) is 13.0.